The molecule has 1 aromatic heterocycles. The quantitative estimate of drug-likeness (QED) is 0.573. The maximum absolute atomic E-state index is 10.7. The lowest BCUT2D eigenvalue weighted by Gasteiger charge is -2.04. The van der Waals surface area contributed by atoms with Crippen LogP contribution in [-0.4, -0.2) is 11.3 Å². The number of aromatic nitrogens is 1. The number of halogens is 1. The van der Waals surface area contributed by atoms with Crippen molar-refractivity contribution in [3.63, 3.8) is 0 Å². The number of nitrogens with zero attached hydrogens (tertiary/aromatic N) is 1. The van der Waals surface area contributed by atoms with Gasteiger partial charge in [0.2, 0.25) is 0 Å². The van der Waals surface area contributed by atoms with Gasteiger partial charge in [-0.1, -0.05) is 36.7 Å². The van der Waals surface area contributed by atoms with Gasteiger partial charge in [-0.05, 0) is 18.1 Å². The zero-order chi connectivity index (χ0) is 10.8. The summed E-state index contributed by atoms with van der Waals surface area (Å²) >= 11 is 5.89. The third kappa shape index (κ3) is 1.73. The lowest BCUT2D eigenvalue weighted by atomic mass is 10.1. The van der Waals surface area contributed by atoms with Crippen molar-refractivity contribution in [2.75, 3.05) is 0 Å². The minimum atomic E-state index is 0.276. The lowest BCUT2D eigenvalue weighted by Crippen LogP contribution is -1.91. The Labute approximate surface area is 92.9 Å². The molecule has 3 heteroatoms. The second kappa shape index (κ2) is 3.99. The van der Waals surface area contributed by atoms with E-state index in [4.69, 9.17) is 11.6 Å². The summed E-state index contributed by atoms with van der Waals surface area (Å²) < 4.78 is 0. The zero-order valence-corrected chi connectivity index (χ0v) is 9.08. The van der Waals surface area contributed by atoms with Gasteiger partial charge in [0.15, 0.2) is 6.29 Å². The van der Waals surface area contributed by atoms with Gasteiger partial charge in [-0.3, -0.25) is 4.79 Å². The van der Waals surface area contributed by atoms with Crippen LogP contribution in [0.5, 0.6) is 0 Å². The molecule has 1 heterocycles. The molecular formula is C12H10ClNO. The largest absolute Gasteiger partial charge is 0.298 e. The Morgan fingerprint density at radius 2 is 2.27 bits per heavy atom. The van der Waals surface area contributed by atoms with E-state index >= 15 is 0 Å². The van der Waals surface area contributed by atoms with Crippen LogP contribution >= 0.6 is 11.6 Å². The number of carbonyl (C=O) groups is 1. The van der Waals surface area contributed by atoms with Crippen molar-refractivity contribution in [2.45, 2.75) is 13.3 Å². The summed E-state index contributed by atoms with van der Waals surface area (Å²) in [6.45, 7) is 2.07. The second-order valence-electron chi connectivity index (χ2n) is 3.33. The number of aldehydes is 1. The minimum Gasteiger partial charge on any atom is -0.298 e. The molecule has 15 heavy (non-hydrogen) atoms. The first-order chi connectivity index (χ1) is 7.26. The first-order valence-electron chi connectivity index (χ1n) is 4.79. The van der Waals surface area contributed by atoms with Crippen LogP contribution in [0.2, 0.25) is 5.15 Å². The molecule has 0 radical (unpaired) electrons. The first-order valence-corrected chi connectivity index (χ1v) is 5.17. The topological polar surface area (TPSA) is 30.0 Å². The summed E-state index contributed by atoms with van der Waals surface area (Å²) in [4.78, 5) is 15.0. The number of para-hydroxylation sites is 1. The van der Waals surface area contributed by atoms with Gasteiger partial charge < -0.3 is 0 Å². The summed E-state index contributed by atoms with van der Waals surface area (Å²) in [6, 6.07) is 7.69. The molecule has 0 unspecified atom stereocenters. The molecule has 0 amide bonds. The molecule has 2 aromatic rings. The highest BCUT2D eigenvalue weighted by Gasteiger charge is 2.06. The van der Waals surface area contributed by atoms with Gasteiger partial charge in [0, 0.05) is 5.39 Å². The average Bonchev–Trinajstić information content (AvgIpc) is 2.27. The van der Waals surface area contributed by atoms with E-state index in [1.807, 2.05) is 18.2 Å². The van der Waals surface area contributed by atoms with Crippen molar-refractivity contribution in [1.82, 2.24) is 4.98 Å². The fourth-order valence-electron chi connectivity index (χ4n) is 1.62. The summed E-state index contributed by atoms with van der Waals surface area (Å²) in [5.74, 6) is 0. The number of carbonyl (C=O) groups excluding carboxylic acids is 1. The van der Waals surface area contributed by atoms with E-state index in [2.05, 4.69) is 11.9 Å². The molecule has 0 bridgehead atoms. The highest BCUT2D eigenvalue weighted by Crippen LogP contribution is 2.22. The normalized spacial score (nSPS) is 10.5. The maximum Gasteiger partial charge on any atom is 0.153 e. The Balaban J connectivity index is 2.80. The minimum absolute atomic E-state index is 0.276. The number of hydrogen-bond donors (Lipinski definition) is 0. The van der Waals surface area contributed by atoms with E-state index in [0.717, 1.165) is 29.2 Å². The molecule has 0 saturated heterocycles. The fraction of sp³-hybridized carbons (Fsp3) is 0.167. The number of fused-ring (bicyclic) bond motifs is 1. The second-order valence-corrected chi connectivity index (χ2v) is 3.69. The van der Waals surface area contributed by atoms with Crippen molar-refractivity contribution in [3.05, 3.63) is 40.5 Å². The molecule has 0 aliphatic carbocycles. The highest BCUT2D eigenvalue weighted by molar-refractivity contribution is 6.32. The van der Waals surface area contributed by atoms with Crippen molar-refractivity contribution in [2.24, 2.45) is 0 Å². The predicted octanol–water partition coefficient (Wildman–Crippen LogP) is 3.26. The number of aryl methyl sites for hydroxylation is 1. The molecular weight excluding hydrogens is 210 g/mol. The van der Waals surface area contributed by atoms with Crippen molar-refractivity contribution in [1.29, 1.82) is 0 Å². The molecule has 2 nitrogen and oxygen atoms in total. The summed E-state index contributed by atoms with van der Waals surface area (Å²) in [5.41, 5.74) is 2.47. The molecule has 0 atom stereocenters. The van der Waals surface area contributed by atoms with Crippen LogP contribution in [-0.2, 0) is 6.42 Å². The molecule has 0 N–H and O–H groups in total. The lowest BCUT2D eigenvalue weighted by molar-refractivity contribution is 0.112. The molecule has 0 aliphatic heterocycles. The van der Waals surface area contributed by atoms with Crippen molar-refractivity contribution >= 4 is 28.8 Å². The Bertz CT molecular complexity index is 522. The number of hydrogen-bond acceptors (Lipinski definition) is 2. The highest BCUT2D eigenvalue weighted by atomic mass is 35.5. The van der Waals surface area contributed by atoms with E-state index in [-0.39, 0.29) is 5.15 Å². The molecule has 0 spiro atoms. The van der Waals surface area contributed by atoms with E-state index < -0.39 is 0 Å². The van der Waals surface area contributed by atoms with Crippen molar-refractivity contribution in [3.8, 4) is 0 Å². The van der Waals surface area contributed by atoms with Gasteiger partial charge in [-0.25, -0.2) is 4.98 Å². The number of benzene rings is 1. The summed E-state index contributed by atoms with van der Waals surface area (Å²) in [5, 5.41) is 1.24. The number of rotatable bonds is 2. The van der Waals surface area contributed by atoms with E-state index in [1.165, 1.54) is 0 Å². The molecule has 0 fully saturated rings. The van der Waals surface area contributed by atoms with Crippen LogP contribution in [0, 0.1) is 0 Å². The molecule has 76 valence electrons. The van der Waals surface area contributed by atoms with Crippen molar-refractivity contribution < 1.29 is 4.79 Å². The van der Waals surface area contributed by atoms with Gasteiger partial charge in [-0.15, -0.1) is 0 Å². The molecule has 1 aromatic carbocycles. The average molecular weight is 220 g/mol. The summed E-state index contributed by atoms with van der Waals surface area (Å²) in [6.07, 6.45) is 1.63. The van der Waals surface area contributed by atoms with Crippen LogP contribution in [0.1, 0.15) is 22.8 Å². The monoisotopic (exact) mass is 219 g/mol. The van der Waals surface area contributed by atoms with Crippen LogP contribution in [0.15, 0.2) is 24.3 Å². The van der Waals surface area contributed by atoms with Crippen LogP contribution in [0.4, 0.5) is 0 Å². The van der Waals surface area contributed by atoms with E-state index in [0.29, 0.717) is 5.56 Å². The maximum atomic E-state index is 10.7. The van der Waals surface area contributed by atoms with Crippen LogP contribution in [0.3, 0.4) is 0 Å². The van der Waals surface area contributed by atoms with Crippen LogP contribution < -0.4 is 0 Å². The van der Waals surface area contributed by atoms with E-state index in [9.17, 15) is 4.79 Å². The molecule has 2 rings (SSSR count). The Hall–Kier alpha value is -1.41. The Morgan fingerprint density at radius 1 is 1.47 bits per heavy atom. The summed E-state index contributed by atoms with van der Waals surface area (Å²) in [7, 11) is 0. The van der Waals surface area contributed by atoms with Gasteiger partial charge >= 0.3 is 0 Å². The standard InChI is InChI=1S/C12H10ClNO/c1-2-8-4-3-5-9-6-10(7-15)12(13)14-11(8)9/h3-7H,2H2,1H3. The van der Waals surface area contributed by atoms with Gasteiger partial charge in [-0.2, -0.15) is 0 Å². The third-order valence-corrected chi connectivity index (χ3v) is 2.72. The Morgan fingerprint density at radius 3 is 2.93 bits per heavy atom. The Kier molecular flexibility index (Phi) is 2.69. The smallest absolute Gasteiger partial charge is 0.153 e. The first kappa shape index (κ1) is 10.1. The van der Waals surface area contributed by atoms with E-state index in [1.54, 1.807) is 6.07 Å². The molecule has 0 saturated carbocycles. The van der Waals surface area contributed by atoms with Gasteiger partial charge in [0.05, 0.1) is 11.1 Å². The third-order valence-electron chi connectivity index (χ3n) is 2.42. The van der Waals surface area contributed by atoms with Crippen LogP contribution in [0.25, 0.3) is 10.9 Å². The molecule has 0 aliphatic rings. The van der Waals surface area contributed by atoms with Gasteiger partial charge in [0.25, 0.3) is 0 Å². The fourth-order valence-corrected chi connectivity index (χ4v) is 1.81. The number of pyridine rings is 1. The zero-order valence-electron chi connectivity index (χ0n) is 8.33. The predicted molar refractivity (Wildman–Crippen MR) is 61.5 cm³/mol. The van der Waals surface area contributed by atoms with Gasteiger partial charge in [0.1, 0.15) is 5.15 Å². The SMILES string of the molecule is CCc1cccc2cc(C=O)c(Cl)nc12.